The van der Waals surface area contributed by atoms with E-state index in [9.17, 15) is 14.9 Å². The molecule has 140 valence electrons. The van der Waals surface area contributed by atoms with Gasteiger partial charge >= 0.3 is 0 Å². The molecule has 0 N–H and O–H groups in total. The van der Waals surface area contributed by atoms with E-state index in [1.807, 2.05) is 4.90 Å². The maximum absolute atomic E-state index is 11.5. The molecule has 1 aromatic rings. The topological polar surface area (TPSA) is 79.2 Å². The number of piperidine rings is 1. The van der Waals surface area contributed by atoms with Gasteiger partial charge in [0, 0.05) is 51.8 Å². The molecule has 26 heavy (non-hydrogen) atoms. The lowest BCUT2D eigenvalue weighted by molar-refractivity contribution is -0.384. The molecule has 0 radical (unpaired) electrons. The highest BCUT2D eigenvalue weighted by Gasteiger charge is 2.36. The first kappa shape index (κ1) is 17.1. The number of piperazine rings is 1. The molecule has 8 heteroatoms. The number of benzene rings is 1. The number of rotatable bonds is 2. The Morgan fingerprint density at radius 3 is 2.65 bits per heavy atom. The largest absolute Gasteiger partial charge is 0.489 e. The summed E-state index contributed by atoms with van der Waals surface area (Å²) in [6.07, 6.45) is 2.05. The molecule has 8 nitrogen and oxygen atoms in total. The standard InChI is InChI=1S/C18H24N4O4/c1-13(23)19-6-4-14(5-7-19)20-8-9-21-16(11-20)12-26-18-10-15(22(24)25)2-3-17(18)21/h2-3,10,14,16H,4-9,11-12H2,1H3/t16-/m0/s1. The van der Waals surface area contributed by atoms with Gasteiger partial charge in [0.2, 0.25) is 5.91 Å². The van der Waals surface area contributed by atoms with Gasteiger partial charge in [0.1, 0.15) is 12.4 Å². The van der Waals surface area contributed by atoms with Crippen LogP contribution in [0.25, 0.3) is 0 Å². The highest BCUT2D eigenvalue weighted by molar-refractivity contribution is 5.73. The smallest absolute Gasteiger partial charge is 0.273 e. The molecule has 1 aromatic carbocycles. The van der Waals surface area contributed by atoms with E-state index in [1.54, 1.807) is 19.1 Å². The molecule has 1 amide bonds. The van der Waals surface area contributed by atoms with E-state index in [4.69, 9.17) is 4.74 Å². The Hall–Kier alpha value is -2.35. The second-order valence-electron chi connectivity index (χ2n) is 7.30. The predicted molar refractivity (Wildman–Crippen MR) is 96.6 cm³/mol. The van der Waals surface area contributed by atoms with Gasteiger partial charge in [-0.15, -0.1) is 0 Å². The zero-order chi connectivity index (χ0) is 18.3. The molecule has 0 aromatic heterocycles. The molecule has 2 saturated heterocycles. The van der Waals surface area contributed by atoms with Gasteiger partial charge in [-0.1, -0.05) is 0 Å². The predicted octanol–water partition coefficient (Wildman–Crippen LogP) is 1.49. The molecule has 0 bridgehead atoms. The number of nitro benzene ring substituents is 1. The van der Waals surface area contributed by atoms with Crippen molar-refractivity contribution in [3.8, 4) is 5.75 Å². The van der Waals surface area contributed by atoms with Crippen LogP contribution in [0.4, 0.5) is 11.4 Å². The summed E-state index contributed by atoms with van der Waals surface area (Å²) < 4.78 is 5.84. The first-order valence-electron chi connectivity index (χ1n) is 9.20. The van der Waals surface area contributed by atoms with Crippen molar-refractivity contribution in [3.05, 3.63) is 28.3 Å². The monoisotopic (exact) mass is 360 g/mol. The summed E-state index contributed by atoms with van der Waals surface area (Å²) in [7, 11) is 0. The van der Waals surface area contributed by atoms with E-state index >= 15 is 0 Å². The van der Waals surface area contributed by atoms with Crippen LogP contribution < -0.4 is 9.64 Å². The summed E-state index contributed by atoms with van der Waals surface area (Å²) in [5.41, 5.74) is 1.02. The molecular weight excluding hydrogens is 336 g/mol. The molecule has 3 aliphatic rings. The Kier molecular flexibility index (Phi) is 4.44. The fraction of sp³-hybridized carbons (Fsp3) is 0.611. The minimum Gasteiger partial charge on any atom is -0.489 e. The highest BCUT2D eigenvalue weighted by Crippen LogP contribution is 2.38. The van der Waals surface area contributed by atoms with Crippen LogP contribution in [-0.4, -0.2) is 72.0 Å². The van der Waals surface area contributed by atoms with Gasteiger partial charge < -0.3 is 14.5 Å². The van der Waals surface area contributed by atoms with Crippen LogP contribution in [0.1, 0.15) is 19.8 Å². The summed E-state index contributed by atoms with van der Waals surface area (Å²) in [6.45, 7) is 6.67. The zero-order valence-electron chi connectivity index (χ0n) is 15.0. The zero-order valence-corrected chi connectivity index (χ0v) is 15.0. The Morgan fingerprint density at radius 1 is 1.19 bits per heavy atom. The number of nitrogens with zero attached hydrogens (tertiary/aromatic N) is 4. The van der Waals surface area contributed by atoms with Crippen molar-refractivity contribution in [1.29, 1.82) is 0 Å². The van der Waals surface area contributed by atoms with Crippen LogP contribution in [0, 0.1) is 10.1 Å². The number of non-ortho nitro benzene ring substituents is 1. The maximum atomic E-state index is 11.5. The molecule has 0 spiro atoms. The van der Waals surface area contributed by atoms with Crippen LogP contribution in [0.5, 0.6) is 5.75 Å². The molecule has 0 aliphatic carbocycles. The maximum Gasteiger partial charge on any atom is 0.273 e. The van der Waals surface area contributed by atoms with Gasteiger partial charge in [0.15, 0.2) is 0 Å². The lowest BCUT2D eigenvalue weighted by atomic mass is 9.99. The average Bonchev–Trinajstić information content (AvgIpc) is 2.67. The van der Waals surface area contributed by atoms with Gasteiger partial charge in [-0.05, 0) is 18.9 Å². The van der Waals surface area contributed by atoms with Gasteiger partial charge in [-0.3, -0.25) is 19.8 Å². The SMILES string of the molecule is CC(=O)N1CCC(N2CCN3c4ccc([N+](=O)[O-])cc4OC[C@@H]3C2)CC1. The Labute approximate surface area is 152 Å². The number of likely N-dealkylation sites (tertiary alicyclic amines) is 1. The van der Waals surface area contributed by atoms with Gasteiger partial charge in [0.05, 0.1) is 22.7 Å². The van der Waals surface area contributed by atoms with E-state index in [-0.39, 0.29) is 22.6 Å². The first-order chi connectivity index (χ1) is 12.5. The second-order valence-corrected chi connectivity index (χ2v) is 7.30. The Bertz CT molecular complexity index is 717. The fourth-order valence-electron chi connectivity index (χ4n) is 4.37. The lowest BCUT2D eigenvalue weighted by Crippen LogP contribution is -2.60. The average molecular weight is 360 g/mol. The van der Waals surface area contributed by atoms with E-state index in [0.717, 1.165) is 51.3 Å². The molecule has 0 saturated carbocycles. The molecule has 3 aliphatic heterocycles. The van der Waals surface area contributed by atoms with Crippen LogP contribution >= 0.6 is 0 Å². The Balaban J connectivity index is 1.42. The fourth-order valence-corrected chi connectivity index (χ4v) is 4.37. The van der Waals surface area contributed by atoms with Gasteiger partial charge in [-0.25, -0.2) is 0 Å². The lowest BCUT2D eigenvalue weighted by Gasteiger charge is -2.48. The number of nitro groups is 1. The molecule has 3 heterocycles. The number of anilines is 1. The third-order valence-corrected chi connectivity index (χ3v) is 5.84. The number of hydrogen-bond donors (Lipinski definition) is 0. The van der Waals surface area contributed by atoms with Crippen molar-refractivity contribution in [3.63, 3.8) is 0 Å². The van der Waals surface area contributed by atoms with Gasteiger partial charge in [0.25, 0.3) is 5.69 Å². The van der Waals surface area contributed by atoms with Crippen LogP contribution in [0.2, 0.25) is 0 Å². The van der Waals surface area contributed by atoms with E-state index in [1.165, 1.54) is 6.07 Å². The van der Waals surface area contributed by atoms with Crippen LogP contribution in [-0.2, 0) is 4.79 Å². The second kappa shape index (κ2) is 6.75. The quantitative estimate of drug-likeness (QED) is 0.587. The summed E-state index contributed by atoms with van der Waals surface area (Å²) in [5, 5.41) is 11.0. The normalized spacial score (nSPS) is 23.8. The van der Waals surface area contributed by atoms with Crippen molar-refractivity contribution in [2.24, 2.45) is 0 Å². The van der Waals surface area contributed by atoms with Crippen LogP contribution in [0.15, 0.2) is 18.2 Å². The van der Waals surface area contributed by atoms with Gasteiger partial charge in [-0.2, -0.15) is 0 Å². The van der Waals surface area contributed by atoms with E-state index < -0.39 is 0 Å². The molecule has 0 unspecified atom stereocenters. The number of ether oxygens (including phenoxy) is 1. The highest BCUT2D eigenvalue weighted by atomic mass is 16.6. The summed E-state index contributed by atoms with van der Waals surface area (Å²) in [6, 6.07) is 5.67. The third-order valence-electron chi connectivity index (χ3n) is 5.84. The first-order valence-corrected chi connectivity index (χ1v) is 9.20. The van der Waals surface area contributed by atoms with Crippen molar-refractivity contribution in [2.45, 2.75) is 31.8 Å². The van der Waals surface area contributed by atoms with E-state index in [2.05, 4.69) is 9.80 Å². The third kappa shape index (κ3) is 3.09. The van der Waals surface area contributed by atoms with Crippen molar-refractivity contribution in [1.82, 2.24) is 9.80 Å². The van der Waals surface area contributed by atoms with Crippen molar-refractivity contribution >= 4 is 17.3 Å². The minimum absolute atomic E-state index is 0.0677. The number of fused-ring (bicyclic) bond motifs is 3. The number of hydrogen-bond acceptors (Lipinski definition) is 6. The van der Waals surface area contributed by atoms with Crippen molar-refractivity contribution in [2.75, 3.05) is 44.2 Å². The minimum atomic E-state index is -0.388. The number of carbonyl (C=O) groups is 1. The molecule has 1 atom stereocenters. The summed E-state index contributed by atoms with van der Waals surface area (Å²) >= 11 is 0. The van der Waals surface area contributed by atoms with Crippen LogP contribution in [0.3, 0.4) is 0 Å². The molecule has 2 fully saturated rings. The van der Waals surface area contributed by atoms with E-state index in [0.29, 0.717) is 18.4 Å². The molecule has 4 rings (SSSR count). The summed E-state index contributed by atoms with van der Waals surface area (Å²) in [5.74, 6) is 0.776. The number of carbonyl (C=O) groups excluding carboxylic acids is 1. The molecular formula is C18H24N4O4. The Morgan fingerprint density at radius 2 is 1.96 bits per heavy atom. The van der Waals surface area contributed by atoms with Crippen molar-refractivity contribution < 1.29 is 14.5 Å². The number of amides is 1. The summed E-state index contributed by atoms with van der Waals surface area (Å²) in [4.78, 5) is 28.8.